The molecule has 2 rings (SSSR count). The fourth-order valence-electron chi connectivity index (χ4n) is 3.21. The topological polar surface area (TPSA) is 58.0 Å². The van der Waals surface area contributed by atoms with Crippen molar-refractivity contribution < 1.29 is 5.11 Å². The lowest BCUT2D eigenvalue weighted by molar-refractivity contribution is 0.113. The third-order valence-electron chi connectivity index (χ3n) is 4.07. The van der Waals surface area contributed by atoms with Gasteiger partial charge in [-0.15, -0.1) is 10.2 Å². The van der Waals surface area contributed by atoms with E-state index in [-0.39, 0.29) is 12.1 Å². The average Bonchev–Trinajstić information content (AvgIpc) is 3.06. The summed E-state index contributed by atoms with van der Waals surface area (Å²) in [5.41, 5.74) is -0.0692. The maximum atomic E-state index is 9.90. The number of aliphatic hydroxyl groups excluding tert-OH is 1. The molecule has 1 aromatic rings. The summed E-state index contributed by atoms with van der Waals surface area (Å²) in [7, 11) is 0. The van der Waals surface area contributed by atoms with Gasteiger partial charge in [-0.3, -0.25) is 0 Å². The van der Waals surface area contributed by atoms with Crippen molar-refractivity contribution in [3.05, 3.63) is 0 Å². The van der Waals surface area contributed by atoms with Crippen LogP contribution in [-0.2, 0) is 0 Å². The fourth-order valence-corrected chi connectivity index (χ4v) is 5.77. The Morgan fingerprint density at radius 2 is 2.19 bits per heavy atom. The van der Waals surface area contributed by atoms with Crippen LogP contribution in [0.2, 0.25) is 0 Å². The first-order valence-electron chi connectivity index (χ1n) is 7.48. The predicted octanol–water partition coefficient (Wildman–Crippen LogP) is 3.27. The number of aromatic nitrogens is 2. The summed E-state index contributed by atoms with van der Waals surface area (Å²) < 4.78 is 2.09. The number of aliphatic hydroxyl groups is 1. The number of hydrogen-bond acceptors (Lipinski definition) is 7. The van der Waals surface area contributed by atoms with Gasteiger partial charge in [0.25, 0.3) is 0 Å². The maximum Gasteiger partial charge on any atom is 0.175 e. The van der Waals surface area contributed by atoms with Gasteiger partial charge in [-0.25, -0.2) is 0 Å². The Kier molecular flexibility index (Phi) is 6.80. The van der Waals surface area contributed by atoms with Crippen molar-refractivity contribution in [1.82, 2.24) is 15.5 Å². The number of hydrogen-bond donors (Lipinski definition) is 2. The van der Waals surface area contributed by atoms with Gasteiger partial charge in [-0.1, -0.05) is 55.1 Å². The van der Waals surface area contributed by atoms with E-state index in [1.165, 1.54) is 12.8 Å². The lowest BCUT2D eigenvalue weighted by atomic mass is 9.85. The molecule has 2 N–H and O–H groups in total. The molecule has 1 aliphatic rings. The van der Waals surface area contributed by atoms with E-state index in [1.807, 2.05) is 6.26 Å². The van der Waals surface area contributed by atoms with Crippen LogP contribution in [0.15, 0.2) is 8.68 Å². The fraction of sp³-hybridized carbons (Fsp3) is 0.857. The lowest BCUT2D eigenvalue weighted by Crippen LogP contribution is -2.54. The highest BCUT2D eigenvalue weighted by Gasteiger charge is 2.42. The van der Waals surface area contributed by atoms with Crippen LogP contribution >= 0.6 is 34.9 Å². The van der Waals surface area contributed by atoms with Gasteiger partial charge in [0.1, 0.15) is 0 Å². The molecule has 0 aliphatic heterocycles. The first kappa shape index (κ1) is 17.5. The number of rotatable bonds is 8. The Morgan fingerprint density at radius 3 is 2.81 bits per heavy atom. The molecule has 0 spiro atoms. The van der Waals surface area contributed by atoms with E-state index < -0.39 is 0 Å². The minimum absolute atomic E-state index is 0.0692. The molecule has 0 bridgehead atoms. The van der Waals surface area contributed by atoms with Gasteiger partial charge in [-0.05, 0) is 31.4 Å². The standard InChI is InChI=1S/C14H25N3OS3/c1-10(2)15-14(9-18)7-4-5-11(14)6-8-20-13-17-16-12(19-3)21-13/h10-11,15,18H,4-9H2,1-3H3. The average molecular weight is 348 g/mol. The highest BCUT2D eigenvalue weighted by atomic mass is 32.2. The molecule has 1 fully saturated rings. The van der Waals surface area contributed by atoms with Gasteiger partial charge in [0.05, 0.1) is 6.61 Å². The van der Waals surface area contributed by atoms with Crippen LogP contribution in [-0.4, -0.2) is 45.5 Å². The third-order valence-corrected chi connectivity index (χ3v) is 7.14. The van der Waals surface area contributed by atoms with Gasteiger partial charge in [0.2, 0.25) is 0 Å². The molecule has 120 valence electrons. The summed E-state index contributed by atoms with van der Waals surface area (Å²) in [6.07, 6.45) is 6.67. The quantitative estimate of drug-likeness (QED) is 0.704. The molecule has 0 amide bonds. The van der Waals surface area contributed by atoms with E-state index in [9.17, 15) is 5.11 Å². The molecule has 2 unspecified atom stereocenters. The summed E-state index contributed by atoms with van der Waals surface area (Å²) >= 11 is 5.11. The van der Waals surface area contributed by atoms with Crippen molar-refractivity contribution in [1.29, 1.82) is 0 Å². The number of thioether (sulfide) groups is 2. The normalized spacial score (nSPS) is 25.9. The monoisotopic (exact) mass is 347 g/mol. The highest BCUT2D eigenvalue weighted by molar-refractivity contribution is 8.02. The molecule has 21 heavy (non-hydrogen) atoms. The molecule has 0 saturated heterocycles. The second kappa shape index (κ2) is 8.15. The van der Waals surface area contributed by atoms with E-state index in [0.717, 1.165) is 27.3 Å². The summed E-state index contributed by atoms with van der Waals surface area (Å²) in [6.45, 7) is 4.56. The molecule has 1 heterocycles. The van der Waals surface area contributed by atoms with E-state index in [2.05, 4.69) is 29.4 Å². The van der Waals surface area contributed by atoms with Crippen LogP contribution in [0.3, 0.4) is 0 Å². The summed E-state index contributed by atoms with van der Waals surface area (Å²) in [5.74, 6) is 1.61. The van der Waals surface area contributed by atoms with Crippen molar-refractivity contribution in [3.63, 3.8) is 0 Å². The van der Waals surface area contributed by atoms with Crippen molar-refractivity contribution in [2.75, 3.05) is 18.6 Å². The van der Waals surface area contributed by atoms with Crippen LogP contribution in [0.1, 0.15) is 39.5 Å². The van der Waals surface area contributed by atoms with Gasteiger partial charge < -0.3 is 10.4 Å². The van der Waals surface area contributed by atoms with Gasteiger partial charge >= 0.3 is 0 Å². The van der Waals surface area contributed by atoms with Gasteiger partial charge in [-0.2, -0.15) is 0 Å². The molecule has 1 aliphatic carbocycles. The van der Waals surface area contributed by atoms with Crippen LogP contribution in [0.5, 0.6) is 0 Å². The molecule has 7 heteroatoms. The Labute approximate surface area is 139 Å². The second-order valence-corrected chi connectivity index (χ2v) is 9.25. The van der Waals surface area contributed by atoms with Gasteiger partial charge in [0, 0.05) is 17.3 Å². The number of nitrogens with zero attached hydrogens (tertiary/aromatic N) is 2. The zero-order valence-corrected chi connectivity index (χ0v) is 15.4. The van der Waals surface area contributed by atoms with Crippen molar-refractivity contribution in [2.45, 2.75) is 59.8 Å². The van der Waals surface area contributed by atoms with Crippen LogP contribution in [0.25, 0.3) is 0 Å². The van der Waals surface area contributed by atoms with Crippen LogP contribution in [0.4, 0.5) is 0 Å². The SMILES string of the molecule is CSc1nnc(SCCC2CCCC2(CO)NC(C)C)s1. The maximum absolute atomic E-state index is 9.90. The van der Waals surface area contributed by atoms with E-state index >= 15 is 0 Å². The summed E-state index contributed by atoms with van der Waals surface area (Å²) in [6, 6.07) is 0.415. The Bertz CT molecular complexity index is 441. The zero-order valence-electron chi connectivity index (χ0n) is 13.0. The minimum atomic E-state index is -0.0692. The van der Waals surface area contributed by atoms with Crippen LogP contribution < -0.4 is 5.32 Å². The van der Waals surface area contributed by atoms with Gasteiger partial charge in [0.15, 0.2) is 8.68 Å². The molecule has 4 nitrogen and oxygen atoms in total. The Hall–Kier alpha value is 0.180. The highest BCUT2D eigenvalue weighted by Crippen LogP contribution is 2.39. The van der Waals surface area contributed by atoms with Crippen molar-refractivity contribution >= 4 is 34.9 Å². The molecule has 0 aromatic carbocycles. The Balaban J connectivity index is 1.86. The lowest BCUT2D eigenvalue weighted by Gasteiger charge is -2.37. The minimum Gasteiger partial charge on any atom is -0.394 e. The molecule has 0 radical (unpaired) electrons. The van der Waals surface area contributed by atoms with E-state index in [4.69, 9.17) is 0 Å². The molecule has 2 atom stereocenters. The zero-order chi connectivity index (χ0) is 15.3. The van der Waals surface area contributed by atoms with Crippen molar-refractivity contribution in [2.24, 2.45) is 5.92 Å². The smallest absolute Gasteiger partial charge is 0.175 e. The molecular formula is C14H25N3OS3. The summed E-state index contributed by atoms with van der Waals surface area (Å²) in [4.78, 5) is 0. The summed E-state index contributed by atoms with van der Waals surface area (Å²) in [5, 5.41) is 21.9. The molecule has 1 aromatic heterocycles. The molecular weight excluding hydrogens is 322 g/mol. The second-order valence-electron chi connectivity index (χ2n) is 5.88. The third kappa shape index (κ3) is 4.58. The largest absolute Gasteiger partial charge is 0.394 e. The van der Waals surface area contributed by atoms with E-state index in [0.29, 0.717) is 12.0 Å². The molecule has 1 saturated carbocycles. The first-order chi connectivity index (χ1) is 10.1. The first-order valence-corrected chi connectivity index (χ1v) is 10.5. The number of nitrogens with one attached hydrogen (secondary N) is 1. The van der Waals surface area contributed by atoms with E-state index in [1.54, 1.807) is 34.9 Å². The van der Waals surface area contributed by atoms with Crippen LogP contribution in [0, 0.1) is 5.92 Å². The van der Waals surface area contributed by atoms with Crippen molar-refractivity contribution in [3.8, 4) is 0 Å². The predicted molar refractivity (Wildman–Crippen MR) is 92.5 cm³/mol. The Morgan fingerprint density at radius 1 is 1.43 bits per heavy atom.